The van der Waals surface area contributed by atoms with E-state index in [4.69, 9.17) is 0 Å². The monoisotopic (exact) mass is 355 g/mol. The Balaban J connectivity index is 2.33. The largest absolute Gasteiger partial charge is 0.337 e. The molecule has 7 nitrogen and oxygen atoms in total. The Labute approximate surface area is 153 Å². The minimum absolute atomic E-state index is 0.00170. The molecule has 0 aromatic rings. The molecule has 1 aliphatic heterocycles. The summed E-state index contributed by atoms with van der Waals surface area (Å²) in [6.45, 7) is 18.3. The number of hydrogen-bond acceptors (Lipinski definition) is 3. The first-order valence-electron chi connectivity index (χ1n) is 9.64. The van der Waals surface area contributed by atoms with E-state index in [1.165, 1.54) is 0 Å². The minimum atomic E-state index is 0.00170. The van der Waals surface area contributed by atoms with Gasteiger partial charge in [0.2, 0.25) is 0 Å². The van der Waals surface area contributed by atoms with Gasteiger partial charge in [-0.25, -0.2) is 9.59 Å². The van der Waals surface area contributed by atoms with Gasteiger partial charge in [0.05, 0.1) is 0 Å². The molecule has 0 unspecified atom stereocenters. The van der Waals surface area contributed by atoms with E-state index in [0.717, 1.165) is 39.3 Å². The van der Waals surface area contributed by atoms with Crippen LogP contribution in [0.15, 0.2) is 0 Å². The SMILES string of the molecule is CCN(C(=O)NCCN1CCN(C(=O)N(CC)C(C)C)CC1)C(C)C. The van der Waals surface area contributed by atoms with Crippen molar-refractivity contribution in [2.75, 3.05) is 52.4 Å². The quantitative estimate of drug-likeness (QED) is 0.759. The lowest BCUT2D eigenvalue weighted by atomic mass is 10.3. The second-order valence-corrected chi connectivity index (χ2v) is 7.10. The first-order valence-corrected chi connectivity index (χ1v) is 9.64. The molecular formula is C18H37N5O2. The highest BCUT2D eigenvalue weighted by Crippen LogP contribution is 2.08. The summed E-state index contributed by atoms with van der Waals surface area (Å²) in [6.07, 6.45) is 0. The first-order chi connectivity index (χ1) is 11.8. The molecule has 1 N–H and O–H groups in total. The molecule has 25 heavy (non-hydrogen) atoms. The van der Waals surface area contributed by atoms with Crippen molar-refractivity contribution in [1.82, 2.24) is 24.9 Å². The van der Waals surface area contributed by atoms with Crippen LogP contribution in [0.4, 0.5) is 9.59 Å². The topological polar surface area (TPSA) is 59.1 Å². The van der Waals surface area contributed by atoms with E-state index in [1.807, 2.05) is 42.4 Å². The van der Waals surface area contributed by atoms with Crippen molar-refractivity contribution in [2.45, 2.75) is 53.6 Å². The average Bonchev–Trinajstić information content (AvgIpc) is 2.56. The molecule has 0 saturated carbocycles. The summed E-state index contributed by atoms with van der Waals surface area (Å²) in [5, 5.41) is 3.00. The van der Waals surface area contributed by atoms with E-state index >= 15 is 0 Å². The summed E-state index contributed by atoms with van der Waals surface area (Å²) in [5.41, 5.74) is 0. The van der Waals surface area contributed by atoms with Gasteiger partial charge in [0.15, 0.2) is 0 Å². The smallest absolute Gasteiger partial charge is 0.320 e. The second kappa shape index (κ2) is 10.5. The van der Waals surface area contributed by atoms with Crippen LogP contribution < -0.4 is 5.32 Å². The van der Waals surface area contributed by atoms with Crippen LogP contribution in [0, 0.1) is 0 Å². The van der Waals surface area contributed by atoms with Gasteiger partial charge in [-0.3, -0.25) is 4.90 Å². The van der Waals surface area contributed by atoms with E-state index in [1.54, 1.807) is 0 Å². The fourth-order valence-corrected chi connectivity index (χ4v) is 3.23. The van der Waals surface area contributed by atoms with Crippen LogP contribution in [-0.4, -0.2) is 96.1 Å². The molecule has 1 aliphatic rings. The van der Waals surface area contributed by atoms with E-state index < -0.39 is 0 Å². The highest BCUT2D eigenvalue weighted by molar-refractivity contribution is 5.75. The van der Waals surface area contributed by atoms with Gasteiger partial charge in [-0.05, 0) is 41.5 Å². The number of carbonyl (C=O) groups excluding carboxylic acids is 2. The van der Waals surface area contributed by atoms with Gasteiger partial charge in [0.1, 0.15) is 0 Å². The maximum absolute atomic E-state index is 12.5. The van der Waals surface area contributed by atoms with Crippen LogP contribution in [0.5, 0.6) is 0 Å². The van der Waals surface area contributed by atoms with Crippen molar-refractivity contribution in [1.29, 1.82) is 0 Å². The predicted octanol–water partition coefficient (Wildman–Crippen LogP) is 1.89. The standard InChI is InChI=1S/C18H37N5O2/c1-7-22(15(3)4)17(24)19-9-10-20-11-13-21(14-12-20)18(25)23(8-2)16(5)6/h15-16H,7-14H2,1-6H3,(H,19,24). The zero-order valence-corrected chi connectivity index (χ0v) is 16.9. The molecule has 0 bridgehead atoms. The maximum Gasteiger partial charge on any atom is 0.320 e. The number of rotatable bonds is 7. The molecule has 0 aromatic heterocycles. The molecule has 1 saturated heterocycles. The lowest BCUT2D eigenvalue weighted by Gasteiger charge is -2.38. The Morgan fingerprint density at radius 1 is 0.920 bits per heavy atom. The van der Waals surface area contributed by atoms with Crippen LogP contribution in [0.25, 0.3) is 0 Å². The van der Waals surface area contributed by atoms with Crippen LogP contribution >= 0.6 is 0 Å². The van der Waals surface area contributed by atoms with Gasteiger partial charge in [-0.1, -0.05) is 0 Å². The lowest BCUT2D eigenvalue weighted by molar-refractivity contribution is 0.106. The van der Waals surface area contributed by atoms with E-state index in [0.29, 0.717) is 13.1 Å². The number of nitrogens with zero attached hydrogens (tertiary/aromatic N) is 4. The molecule has 7 heteroatoms. The molecule has 1 rings (SSSR count). The highest BCUT2D eigenvalue weighted by atomic mass is 16.2. The molecule has 4 amide bonds. The summed E-state index contributed by atoms with van der Waals surface area (Å²) < 4.78 is 0. The summed E-state index contributed by atoms with van der Waals surface area (Å²) >= 11 is 0. The summed E-state index contributed by atoms with van der Waals surface area (Å²) in [7, 11) is 0. The maximum atomic E-state index is 12.5. The van der Waals surface area contributed by atoms with Crippen molar-refractivity contribution >= 4 is 12.1 Å². The van der Waals surface area contributed by atoms with Crippen LogP contribution in [-0.2, 0) is 0 Å². The predicted molar refractivity (Wildman–Crippen MR) is 102 cm³/mol. The number of amides is 4. The van der Waals surface area contributed by atoms with Crippen molar-refractivity contribution in [3.8, 4) is 0 Å². The Bertz CT molecular complexity index is 417. The van der Waals surface area contributed by atoms with Gasteiger partial charge in [-0.2, -0.15) is 0 Å². The van der Waals surface area contributed by atoms with Crippen molar-refractivity contribution in [3.63, 3.8) is 0 Å². The second-order valence-electron chi connectivity index (χ2n) is 7.10. The van der Waals surface area contributed by atoms with Gasteiger partial charge < -0.3 is 20.0 Å². The zero-order valence-electron chi connectivity index (χ0n) is 16.9. The number of urea groups is 2. The third-order valence-electron chi connectivity index (χ3n) is 4.78. The van der Waals surface area contributed by atoms with E-state index in [-0.39, 0.29) is 24.1 Å². The molecule has 0 atom stereocenters. The summed E-state index contributed by atoms with van der Waals surface area (Å²) in [5.74, 6) is 0. The van der Waals surface area contributed by atoms with Crippen molar-refractivity contribution in [2.24, 2.45) is 0 Å². The molecule has 0 radical (unpaired) electrons. The van der Waals surface area contributed by atoms with E-state index in [2.05, 4.69) is 24.1 Å². The third-order valence-corrected chi connectivity index (χ3v) is 4.78. The number of piperazine rings is 1. The Kier molecular flexibility index (Phi) is 9.03. The third kappa shape index (κ3) is 6.38. The zero-order chi connectivity index (χ0) is 19.0. The van der Waals surface area contributed by atoms with Crippen molar-refractivity contribution < 1.29 is 9.59 Å². The number of hydrogen-bond donors (Lipinski definition) is 1. The molecule has 0 aromatic carbocycles. The minimum Gasteiger partial charge on any atom is -0.337 e. The first kappa shape index (κ1) is 21.5. The molecule has 146 valence electrons. The fraction of sp³-hybridized carbons (Fsp3) is 0.889. The molecular weight excluding hydrogens is 318 g/mol. The van der Waals surface area contributed by atoms with E-state index in [9.17, 15) is 9.59 Å². The van der Waals surface area contributed by atoms with Gasteiger partial charge >= 0.3 is 12.1 Å². The molecule has 0 aliphatic carbocycles. The lowest BCUT2D eigenvalue weighted by Crippen LogP contribution is -2.55. The van der Waals surface area contributed by atoms with Gasteiger partial charge in [0, 0.05) is 64.4 Å². The Hall–Kier alpha value is -1.50. The Morgan fingerprint density at radius 2 is 1.44 bits per heavy atom. The summed E-state index contributed by atoms with van der Waals surface area (Å²) in [4.78, 5) is 32.6. The number of carbonyl (C=O) groups is 2. The van der Waals surface area contributed by atoms with Crippen LogP contribution in [0.1, 0.15) is 41.5 Å². The molecule has 0 spiro atoms. The summed E-state index contributed by atoms with van der Waals surface area (Å²) in [6, 6.07) is 0.582. The fourth-order valence-electron chi connectivity index (χ4n) is 3.23. The van der Waals surface area contributed by atoms with Crippen LogP contribution in [0.2, 0.25) is 0 Å². The highest BCUT2D eigenvalue weighted by Gasteiger charge is 2.25. The Morgan fingerprint density at radius 3 is 1.88 bits per heavy atom. The normalized spacial score (nSPS) is 15.6. The molecule has 1 heterocycles. The van der Waals surface area contributed by atoms with Gasteiger partial charge in [0.25, 0.3) is 0 Å². The number of nitrogens with one attached hydrogen (secondary N) is 1. The van der Waals surface area contributed by atoms with Crippen molar-refractivity contribution in [3.05, 3.63) is 0 Å². The van der Waals surface area contributed by atoms with Gasteiger partial charge in [-0.15, -0.1) is 0 Å². The van der Waals surface area contributed by atoms with Crippen LogP contribution in [0.3, 0.4) is 0 Å². The molecule has 1 fully saturated rings. The average molecular weight is 356 g/mol.